The highest BCUT2D eigenvalue weighted by Crippen LogP contribution is 2.35. The zero-order chi connectivity index (χ0) is 20.3. The fourth-order valence-electron chi connectivity index (χ4n) is 6.13. The Kier molecular flexibility index (Phi) is 3.87. The summed E-state index contributed by atoms with van der Waals surface area (Å²) >= 11 is 0. The Hall–Kier alpha value is -2.69. The Morgan fingerprint density at radius 2 is 0.633 bits per heavy atom. The molecule has 0 fully saturated rings. The van der Waals surface area contributed by atoms with Gasteiger partial charge in [-0.25, -0.2) is 0 Å². The SMILES string of the molecule is C[Si]1(CC[Si]2(C)c3ccccc3-c3ccccc32)c2ccccc2-c2ccccc21. The van der Waals surface area contributed by atoms with Gasteiger partial charge in [-0.15, -0.1) is 0 Å². The quantitative estimate of drug-likeness (QED) is 0.422. The molecule has 0 N–H and O–H groups in total. The first-order chi connectivity index (χ1) is 14.6. The summed E-state index contributed by atoms with van der Waals surface area (Å²) < 4.78 is 0. The normalized spacial score (nSPS) is 16.5. The lowest BCUT2D eigenvalue weighted by atomic mass is 10.1. The average Bonchev–Trinajstić information content (AvgIpc) is 3.22. The van der Waals surface area contributed by atoms with Crippen LogP contribution in [-0.2, 0) is 0 Å². The van der Waals surface area contributed by atoms with Crippen LogP contribution in [0.15, 0.2) is 97.1 Å². The summed E-state index contributed by atoms with van der Waals surface area (Å²) in [6.45, 7) is 5.23. The summed E-state index contributed by atoms with van der Waals surface area (Å²) in [6.07, 6.45) is 0. The first-order valence-corrected chi connectivity index (χ1v) is 16.4. The van der Waals surface area contributed by atoms with Gasteiger partial charge < -0.3 is 0 Å². The summed E-state index contributed by atoms with van der Waals surface area (Å²) in [5.41, 5.74) is 5.95. The van der Waals surface area contributed by atoms with Crippen molar-refractivity contribution < 1.29 is 0 Å². The molecule has 4 aromatic rings. The summed E-state index contributed by atoms with van der Waals surface area (Å²) in [6, 6.07) is 39.5. The van der Waals surface area contributed by atoms with Gasteiger partial charge in [0.2, 0.25) is 0 Å². The fraction of sp³-hybridized carbons (Fsp3) is 0.143. The molecule has 4 aromatic carbocycles. The molecule has 2 aliphatic rings. The van der Waals surface area contributed by atoms with E-state index in [2.05, 4.69) is 110 Å². The topological polar surface area (TPSA) is 0 Å². The van der Waals surface area contributed by atoms with Crippen molar-refractivity contribution >= 4 is 36.9 Å². The number of rotatable bonds is 3. The van der Waals surface area contributed by atoms with E-state index < -0.39 is 16.1 Å². The van der Waals surface area contributed by atoms with E-state index in [1.807, 2.05) is 0 Å². The molecule has 0 nitrogen and oxygen atoms in total. The van der Waals surface area contributed by atoms with Gasteiger partial charge in [0.05, 0.1) is 0 Å². The van der Waals surface area contributed by atoms with Crippen molar-refractivity contribution in [2.24, 2.45) is 0 Å². The highest BCUT2D eigenvalue weighted by Gasteiger charge is 2.46. The smallest absolute Gasteiger partial charge is 0.0623 e. The number of fused-ring (bicyclic) bond motifs is 6. The summed E-state index contributed by atoms with van der Waals surface area (Å²) in [4.78, 5) is 0. The molecule has 30 heavy (non-hydrogen) atoms. The summed E-state index contributed by atoms with van der Waals surface area (Å²) in [7, 11) is -3.50. The Labute approximate surface area is 181 Å². The van der Waals surface area contributed by atoms with Gasteiger partial charge in [0.1, 0.15) is 16.1 Å². The van der Waals surface area contributed by atoms with Gasteiger partial charge in [0.25, 0.3) is 0 Å². The van der Waals surface area contributed by atoms with Gasteiger partial charge in [0, 0.05) is 0 Å². The lowest BCUT2D eigenvalue weighted by Gasteiger charge is -2.31. The van der Waals surface area contributed by atoms with Crippen molar-refractivity contribution in [2.45, 2.75) is 25.2 Å². The minimum Gasteiger partial charge on any atom is -0.0623 e. The maximum Gasteiger partial charge on any atom is 0.116 e. The van der Waals surface area contributed by atoms with Crippen molar-refractivity contribution in [2.75, 3.05) is 0 Å². The van der Waals surface area contributed by atoms with Crippen LogP contribution in [-0.4, -0.2) is 16.1 Å². The molecule has 2 heteroatoms. The first kappa shape index (κ1) is 18.1. The lowest BCUT2D eigenvalue weighted by molar-refractivity contribution is 1.33. The van der Waals surface area contributed by atoms with Crippen LogP contribution in [0.3, 0.4) is 0 Å². The highest BCUT2D eigenvalue weighted by atomic mass is 28.3. The first-order valence-electron chi connectivity index (χ1n) is 11.0. The van der Waals surface area contributed by atoms with Crippen molar-refractivity contribution in [3.63, 3.8) is 0 Å². The minimum absolute atomic E-state index is 1.33. The van der Waals surface area contributed by atoms with Gasteiger partial charge in [-0.05, 0) is 43.0 Å². The monoisotopic (exact) mass is 418 g/mol. The van der Waals surface area contributed by atoms with Crippen molar-refractivity contribution in [3.05, 3.63) is 97.1 Å². The number of benzene rings is 4. The third-order valence-corrected chi connectivity index (χ3v) is 17.3. The second-order valence-corrected chi connectivity index (χ2v) is 17.8. The predicted octanol–water partition coefficient (Wildman–Crippen LogP) is 4.73. The Balaban J connectivity index is 1.46. The minimum atomic E-state index is -1.75. The predicted molar refractivity (Wildman–Crippen MR) is 135 cm³/mol. The van der Waals surface area contributed by atoms with E-state index in [9.17, 15) is 0 Å². The van der Waals surface area contributed by atoms with Crippen LogP contribution in [0.4, 0.5) is 0 Å². The van der Waals surface area contributed by atoms with E-state index in [4.69, 9.17) is 0 Å². The highest BCUT2D eigenvalue weighted by molar-refractivity contribution is 7.08. The molecule has 0 unspecified atom stereocenters. The second-order valence-electron chi connectivity index (χ2n) is 9.35. The third-order valence-electron chi connectivity index (χ3n) is 7.79. The van der Waals surface area contributed by atoms with Crippen molar-refractivity contribution in [1.29, 1.82) is 0 Å². The molecule has 2 aliphatic heterocycles. The Bertz CT molecular complexity index is 1100. The van der Waals surface area contributed by atoms with Gasteiger partial charge in [-0.1, -0.05) is 122 Å². The molecule has 0 saturated heterocycles. The molecule has 146 valence electrons. The van der Waals surface area contributed by atoms with Crippen LogP contribution in [0.25, 0.3) is 22.3 Å². The van der Waals surface area contributed by atoms with Crippen LogP contribution in [0.2, 0.25) is 25.2 Å². The van der Waals surface area contributed by atoms with Crippen molar-refractivity contribution in [1.82, 2.24) is 0 Å². The van der Waals surface area contributed by atoms with E-state index in [0.717, 1.165) is 0 Å². The lowest BCUT2D eigenvalue weighted by Crippen LogP contribution is -2.57. The zero-order valence-corrected chi connectivity index (χ0v) is 19.7. The summed E-state index contributed by atoms with van der Waals surface area (Å²) in [5.74, 6) is 0. The van der Waals surface area contributed by atoms with Crippen molar-refractivity contribution in [3.8, 4) is 22.3 Å². The maximum atomic E-state index is 2.61. The second kappa shape index (κ2) is 6.40. The molecular weight excluding hydrogens is 392 g/mol. The molecular formula is C28H26Si2. The number of hydrogen-bond acceptors (Lipinski definition) is 0. The van der Waals surface area contributed by atoms with Crippen LogP contribution >= 0.6 is 0 Å². The van der Waals surface area contributed by atoms with E-state index in [1.54, 1.807) is 20.7 Å². The van der Waals surface area contributed by atoms with E-state index in [0.29, 0.717) is 0 Å². The van der Waals surface area contributed by atoms with E-state index >= 15 is 0 Å². The standard InChI is InChI=1S/C28H26Si2/c1-29(25-15-7-3-11-21(25)22-12-4-8-16-26(22)29)19-20-30(2)27-17-9-5-13-23(27)24-14-6-10-18-28(24)30/h3-18H,19-20H2,1-2H3. The average molecular weight is 419 g/mol. The Morgan fingerprint density at radius 3 is 0.900 bits per heavy atom. The largest absolute Gasteiger partial charge is 0.116 e. The maximum absolute atomic E-state index is 2.61. The molecule has 0 saturated carbocycles. The van der Waals surface area contributed by atoms with Gasteiger partial charge >= 0.3 is 0 Å². The zero-order valence-electron chi connectivity index (χ0n) is 17.7. The molecule has 6 rings (SSSR count). The summed E-state index contributed by atoms with van der Waals surface area (Å²) in [5, 5.41) is 6.57. The molecule has 2 heterocycles. The molecule has 0 radical (unpaired) electrons. The number of hydrogen-bond donors (Lipinski definition) is 0. The molecule has 0 spiro atoms. The van der Waals surface area contributed by atoms with Crippen LogP contribution in [0.5, 0.6) is 0 Å². The van der Waals surface area contributed by atoms with Gasteiger partial charge in [0.15, 0.2) is 0 Å². The Morgan fingerprint density at radius 1 is 0.400 bits per heavy atom. The molecule has 0 bridgehead atoms. The van der Waals surface area contributed by atoms with Gasteiger partial charge in [-0.2, -0.15) is 0 Å². The molecule has 0 aliphatic carbocycles. The molecule has 0 amide bonds. The van der Waals surface area contributed by atoms with E-state index in [1.165, 1.54) is 34.3 Å². The van der Waals surface area contributed by atoms with Gasteiger partial charge in [-0.3, -0.25) is 0 Å². The molecule has 0 aromatic heterocycles. The molecule has 0 atom stereocenters. The van der Waals surface area contributed by atoms with Crippen LogP contribution in [0, 0.1) is 0 Å². The van der Waals surface area contributed by atoms with Crippen LogP contribution in [0.1, 0.15) is 0 Å². The third kappa shape index (κ3) is 2.32. The van der Waals surface area contributed by atoms with E-state index in [-0.39, 0.29) is 0 Å². The fourth-order valence-corrected chi connectivity index (χ4v) is 16.9. The van der Waals surface area contributed by atoms with Crippen LogP contribution < -0.4 is 20.7 Å².